The molecule has 0 unspecified atom stereocenters. The number of pyridine rings is 1. The minimum Gasteiger partial charge on any atom is -0.479 e. The standard InChI is InChI=1S/C27H23ClFN3O3/c28-17-13-16-14-23(35-24(16)20(15-17)18-5-9-30-25-19(18)6-10-31-25)26(33)32-11-7-27(34,8-12-32)21-3-1-2-4-22(21)29/h1-6,9-10,13,15,23,34H,7-8,11-12,14H2,(H,30,31)/t23-/m1/s1. The number of halogens is 2. The maximum atomic E-state index is 14.3. The van der Waals surface area contributed by atoms with E-state index >= 15 is 0 Å². The predicted octanol–water partition coefficient (Wildman–Crippen LogP) is 4.84. The SMILES string of the molecule is O=C([C@H]1Cc2cc(Cl)cc(-c3ccnc4[nH]ccc34)c2O1)N1CCC(O)(c2ccccc2F)CC1. The molecule has 1 fully saturated rings. The first kappa shape index (κ1) is 22.1. The van der Waals surface area contributed by atoms with Crippen molar-refractivity contribution in [1.29, 1.82) is 0 Å². The molecule has 178 valence electrons. The van der Waals surface area contributed by atoms with Crippen LogP contribution in [0, 0.1) is 5.82 Å². The van der Waals surface area contributed by atoms with E-state index in [2.05, 4.69) is 9.97 Å². The van der Waals surface area contributed by atoms with Gasteiger partial charge in [-0.3, -0.25) is 4.79 Å². The lowest BCUT2D eigenvalue weighted by Crippen LogP contribution is -2.49. The lowest BCUT2D eigenvalue weighted by atomic mass is 9.84. The van der Waals surface area contributed by atoms with Crippen molar-refractivity contribution >= 4 is 28.5 Å². The first-order valence-electron chi connectivity index (χ1n) is 11.6. The molecule has 1 saturated heterocycles. The van der Waals surface area contributed by atoms with Crippen molar-refractivity contribution in [3.05, 3.63) is 82.9 Å². The number of piperidine rings is 1. The van der Waals surface area contributed by atoms with Gasteiger partial charge in [0.25, 0.3) is 5.91 Å². The van der Waals surface area contributed by atoms with Gasteiger partial charge in [0, 0.05) is 59.0 Å². The Bertz CT molecular complexity index is 1440. The van der Waals surface area contributed by atoms with Gasteiger partial charge in [0.15, 0.2) is 6.10 Å². The Balaban J connectivity index is 1.23. The van der Waals surface area contributed by atoms with Gasteiger partial charge < -0.3 is 19.7 Å². The van der Waals surface area contributed by atoms with Gasteiger partial charge in [-0.1, -0.05) is 29.8 Å². The topological polar surface area (TPSA) is 78.5 Å². The Hall–Kier alpha value is -3.42. The summed E-state index contributed by atoms with van der Waals surface area (Å²) >= 11 is 6.45. The highest BCUT2D eigenvalue weighted by Gasteiger charge is 2.40. The second-order valence-corrected chi connectivity index (χ2v) is 9.62. The van der Waals surface area contributed by atoms with Gasteiger partial charge in [-0.15, -0.1) is 0 Å². The van der Waals surface area contributed by atoms with Crippen molar-refractivity contribution < 1.29 is 19.0 Å². The number of fused-ring (bicyclic) bond motifs is 2. The number of nitrogens with zero attached hydrogens (tertiary/aromatic N) is 2. The summed E-state index contributed by atoms with van der Waals surface area (Å²) in [6.45, 7) is 0.642. The molecule has 1 atom stereocenters. The second-order valence-electron chi connectivity index (χ2n) is 9.19. The van der Waals surface area contributed by atoms with Gasteiger partial charge in [-0.25, -0.2) is 9.37 Å². The largest absolute Gasteiger partial charge is 0.479 e. The van der Waals surface area contributed by atoms with E-state index in [-0.39, 0.29) is 24.3 Å². The fraction of sp³-hybridized carbons (Fsp3) is 0.259. The summed E-state index contributed by atoms with van der Waals surface area (Å²) < 4.78 is 20.5. The van der Waals surface area contributed by atoms with Crippen LogP contribution in [0.1, 0.15) is 24.0 Å². The molecule has 0 spiro atoms. The maximum absolute atomic E-state index is 14.3. The first-order valence-corrected chi connectivity index (χ1v) is 12.0. The fourth-order valence-corrected chi connectivity index (χ4v) is 5.51. The molecule has 0 radical (unpaired) electrons. The summed E-state index contributed by atoms with van der Waals surface area (Å²) in [5, 5.41) is 12.6. The third kappa shape index (κ3) is 3.75. The molecule has 6 rings (SSSR count). The van der Waals surface area contributed by atoms with Gasteiger partial charge in [-0.05, 0) is 48.7 Å². The molecule has 2 N–H and O–H groups in total. The number of aromatic nitrogens is 2. The van der Waals surface area contributed by atoms with Crippen molar-refractivity contribution in [3.8, 4) is 16.9 Å². The highest BCUT2D eigenvalue weighted by molar-refractivity contribution is 6.31. The Morgan fingerprint density at radius 3 is 2.77 bits per heavy atom. The van der Waals surface area contributed by atoms with Crippen LogP contribution in [0.25, 0.3) is 22.2 Å². The number of likely N-dealkylation sites (tertiary alicyclic amines) is 1. The molecule has 0 saturated carbocycles. The number of benzene rings is 2. The average Bonchev–Trinajstić information content (AvgIpc) is 3.51. The molecule has 2 aliphatic rings. The summed E-state index contributed by atoms with van der Waals surface area (Å²) in [4.78, 5) is 22.5. The Labute approximate surface area is 206 Å². The van der Waals surface area contributed by atoms with Crippen LogP contribution in [0.2, 0.25) is 5.02 Å². The van der Waals surface area contributed by atoms with Gasteiger partial charge in [0.05, 0.1) is 5.60 Å². The van der Waals surface area contributed by atoms with Crippen LogP contribution in [-0.4, -0.2) is 45.1 Å². The summed E-state index contributed by atoms with van der Waals surface area (Å²) in [5.74, 6) is 0.0862. The second kappa shape index (κ2) is 8.36. The molecule has 1 amide bonds. The van der Waals surface area contributed by atoms with Crippen LogP contribution in [0.4, 0.5) is 4.39 Å². The molecular weight excluding hydrogens is 469 g/mol. The van der Waals surface area contributed by atoms with Crippen molar-refractivity contribution in [1.82, 2.24) is 14.9 Å². The Morgan fingerprint density at radius 2 is 1.97 bits per heavy atom. The first-order chi connectivity index (χ1) is 16.9. The Kier molecular flexibility index (Phi) is 5.27. The van der Waals surface area contributed by atoms with E-state index in [1.807, 2.05) is 30.5 Å². The lowest BCUT2D eigenvalue weighted by Gasteiger charge is -2.39. The molecule has 0 bridgehead atoms. The minimum atomic E-state index is -1.29. The van der Waals surface area contributed by atoms with Crippen LogP contribution < -0.4 is 4.74 Å². The van der Waals surface area contributed by atoms with Crippen LogP contribution in [0.3, 0.4) is 0 Å². The molecular formula is C27H23ClFN3O3. The van der Waals surface area contributed by atoms with Crippen molar-refractivity contribution in [2.45, 2.75) is 31.0 Å². The van der Waals surface area contributed by atoms with Crippen molar-refractivity contribution in [2.24, 2.45) is 0 Å². The molecule has 4 heterocycles. The van der Waals surface area contributed by atoms with Crippen molar-refractivity contribution in [2.75, 3.05) is 13.1 Å². The number of aliphatic hydroxyl groups is 1. The number of amides is 1. The zero-order valence-corrected chi connectivity index (χ0v) is 19.6. The van der Waals surface area contributed by atoms with Crippen molar-refractivity contribution in [3.63, 3.8) is 0 Å². The van der Waals surface area contributed by atoms with Crippen LogP contribution in [0.5, 0.6) is 5.75 Å². The number of rotatable bonds is 3. The van der Waals surface area contributed by atoms with E-state index in [9.17, 15) is 14.3 Å². The summed E-state index contributed by atoms with van der Waals surface area (Å²) in [7, 11) is 0. The van der Waals surface area contributed by atoms with Crippen LogP contribution in [-0.2, 0) is 16.8 Å². The number of hydrogen-bond donors (Lipinski definition) is 2. The number of hydrogen-bond acceptors (Lipinski definition) is 4. The van der Waals surface area contributed by atoms with E-state index in [4.69, 9.17) is 16.3 Å². The highest BCUT2D eigenvalue weighted by Crippen LogP contribution is 2.43. The average molecular weight is 492 g/mol. The Morgan fingerprint density at radius 1 is 1.17 bits per heavy atom. The van der Waals surface area contributed by atoms with Gasteiger partial charge in [0.1, 0.15) is 17.2 Å². The third-order valence-corrected chi connectivity index (χ3v) is 7.32. The summed E-state index contributed by atoms with van der Waals surface area (Å²) in [6.07, 6.45) is 3.82. The molecule has 8 heteroatoms. The highest BCUT2D eigenvalue weighted by atomic mass is 35.5. The van der Waals surface area contributed by atoms with E-state index in [0.717, 1.165) is 27.7 Å². The monoisotopic (exact) mass is 491 g/mol. The molecule has 4 aromatic rings. The number of nitrogens with one attached hydrogen (secondary N) is 1. The molecule has 2 aliphatic heterocycles. The van der Waals surface area contributed by atoms with Gasteiger partial charge in [-0.2, -0.15) is 0 Å². The van der Waals surface area contributed by atoms with E-state index < -0.39 is 17.5 Å². The minimum absolute atomic E-state index is 0.139. The summed E-state index contributed by atoms with van der Waals surface area (Å²) in [5.41, 5.74) is 2.39. The van der Waals surface area contributed by atoms with E-state index in [1.54, 1.807) is 29.3 Å². The lowest BCUT2D eigenvalue weighted by molar-refractivity contribution is -0.142. The molecule has 2 aromatic carbocycles. The zero-order chi connectivity index (χ0) is 24.2. The molecule has 2 aromatic heterocycles. The predicted molar refractivity (Wildman–Crippen MR) is 131 cm³/mol. The van der Waals surface area contributed by atoms with E-state index in [0.29, 0.717) is 30.3 Å². The number of ether oxygens (including phenoxy) is 1. The molecule has 0 aliphatic carbocycles. The maximum Gasteiger partial charge on any atom is 0.263 e. The smallest absolute Gasteiger partial charge is 0.263 e. The van der Waals surface area contributed by atoms with E-state index in [1.165, 1.54) is 6.07 Å². The summed E-state index contributed by atoms with van der Waals surface area (Å²) in [6, 6.07) is 13.8. The van der Waals surface area contributed by atoms with Crippen LogP contribution >= 0.6 is 11.6 Å². The quantitative estimate of drug-likeness (QED) is 0.430. The molecule has 6 nitrogen and oxygen atoms in total. The number of aromatic amines is 1. The molecule has 35 heavy (non-hydrogen) atoms. The number of carbonyl (C=O) groups is 1. The number of H-pyrrole nitrogens is 1. The third-order valence-electron chi connectivity index (χ3n) is 7.10. The zero-order valence-electron chi connectivity index (χ0n) is 18.8. The number of carbonyl (C=O) groups excluding carboxylic acids is 1. The van der Waals surface area contributed by atoms with Gasteiger partial charge >= 0.3 is 0 Å². The fourth-order valence-electron chi connectivity index (χ4n) is 5.27. The normalized spacial score (nSPS) is 18.9. The van der Waals surface area contributed by atoms with Gasteiger partial charge in [0.2, 0.25) is 0 Å². The van der Waals surface area contributed by atoms with Crippen LogP contribution in [0.15, 0.2) is 60.9 Å².